The van der Waals surface area contributed by atoms with Crippen LogP contribution in [0.4, 0.5) is 11.9 Å². The zero-order valence-electron chi connectivity index (χ0n) is 13.8. The minimum atomic E-state index is 0.419. The Kier molecular flexibility index (Phi) is 4.95. The molecule has 122 valence electrons. The highest BCUT2D eigenvalue weighted by molar-refractivity contribution is 5.40. The van der Waals surface area contributed by atoms with Gasteiger partial charge in [-0.3, -0.25) is 0 Å². The van der Waals surface area contributed by atoms with Crippen LogP contribution in [0.25, 0.3) is 0 Å². The lowest BCUT2D eigenvalue weighted by molar-refractivity contribution is 0.378. The number of aromatic nitrogens is 3. The maximum absolute atomic E-state index is 5.29. The molecule has 1 aromatic rings. The first-order chi connectivity index (χ1) is 10.8. The van der Waals surface area contributed by atoms with Crippen LogP contribution in [0.1, 0.15) is 44.9 Å². The molecule has 3 rings (SSSR count). The van der Waals surface area contributed by atoms with Gasteiger partial charge in [0.1, 0.15) is 0 Å². The first kappa shape index (κ1) is 15.3. The normalized spacial score (nSPS) is 18.9. The zero-order valence-corrected chi connectivity index (χ0v) is 13.8. The average Bonchev–Trinajstić information content (AvgIpc) is 3.38. The van der Waals surface area contributed by atoms with Crippen molar-refractivity contribution in [2.75, 3.05) is 43.6 Å². The minimum Gasteiger partial charge on any atom is -0.467 e. The van der Waals surface area contributed by atoms with Crippen molar-refractivity contribution in [3.05, 3.63) is 0 Å². The molecule has 0 unspecified atom stereocenters. The predicted octanol–water partition coefficient (Wildman–Crippen LogP) is 2.50. The van der Waals surface area contributed by atoms with Crippen molar-refractivity contribution in [1.82, 2.24) is 15.0 Å². The van der Waals surface area contributed by atoms with E-state index in [-0.39, 0.29) is 0 Å². The molecule has 6 heteroatoms. The van der Waals surface area contributed by atoms with E-state index in [0.29, 0.717) is 6.01 Å². The average molecular weight is 305 g/mol. The Morgan fingerprint density at radius 3 is 2.45 bits per heavy atom. The summed E-state index contributed by atoms with van der Waals surface area (Å²) in [5, 5.41) is 0. The van der Waals surface area contributed by atoms with Crippen molar-refractivity contribution >= 4 is 11.9 Å². The summed E-state index contributed by atoms with van der Waals surface area (Å²) >= 11 is 0. The molecule has 1 aromatic heterocycles. The Labute approximate surface area is 132 Å². The van der Waals surface area contributed by atoms with Crippen LogP contribution in [-0.4, -0.2) is 48.7 Å². The summed E-state index contributed by atoms with van der Waals surface area (Å²) in [6.45, 7) is 3.05. The lowest BCUT2D eigenvalue weighted by Gasteiger charge is -2.23. The number of hydrogen-bond donors (Lipinski definition) is 0. The van der Waals surface area contributed by atoms with Gasteiger partial charge in [-0.05, 0) is 25.2 Å². The molecule has 0 amide bonds. The Morgan fingerprint density at radius 1 is 1.09 bits per heavy atom. The maximum Gasteiger partial charge on any atom is 0.322 e. The van der Waals surface area contributed by atoms with Crippen molar-refractivity contribution in [1.29, 1.82) is 0 Å². The zero-order chi connectivity index (χ0) is 15.4. The van der Waals surface area contributed by atoms with Gasteiger partial charge in [0.25, 0.3) is 0 Å². The monoisotopic (exact) mass is 305 g/mol. The number of hydrogen-bond acceptors (Lipinski definition) is 6. The molecule has 0 bridgehead atoms. The van der Waals surface area contributed by atoms with Crippen LogP contribution in [0.5, 0.6) is 6.01 Å². The van der Waals surface area contributed by atoms with Crippen LogP contribution in [0.15, 0.2) is 0 Å². The summed E-state index contributed by atoms with van der Waals surface area (Å²) in [5.41, 5.74) is 0. The number of rotatable bonds is 6. The molecule has 2 fully saturated rings. The third-order valence-electron chi connectivity index (χ3n) is 4.57. The third-order valence-corrected chi connectivity index (χ3v) is 4.57. The van der Waals surface area contributed by atoms with Crippen molar-refractivity contribution in [3.63, 3.8) is 0 Å². The fourth-order valence-electron chi connectivity index (χ4n) is 2.89. The second-order valence-electron chi connectivity index (χ2n) is 6.48. The molecule has 1 saturated carbocycles. The van der Waals surface area contributed by atoms with Gasteiger partial charge in [0, 0.05) is 26.7 Å². The molecule has 0 aromatic carbocycles. The highest BCUT2D eigenvalue weighted by atomic mass is 16.5. The molecule has 1 aliphatic heterocycles. The molecule has 0 N–H and O–H groups in total. The predicted molar refractivity (Wildman–Crippen MR) is 87.7 cm³/mol. The van der Waals surface area contributed by atoms with E-state index >= 15 is 0 Å². The highest BCUT2D eigenvalue weighted by Crippen LogP contribution is 2.32. The summed E-state index contributed by atoms with van der Waals surface area (Å²) in [5.74, 6) is 2.41. The largest absolute Gasteiger partial charge is 0.467 e. The first-order valence-corrected chi connectivity index (χ1v) is 8.52. The van der Waals surface area contributed by atoms with Crippen molar-refractivity contribution in [3.8, 4) is 6.01 Å². The summed E-state index contributed by atoms with van der Waals surface area (Å²) < 4.78 is 5.29. The second-order valence-corrected chi connectivity index (χ2v) is 6.48. The van der Waals surface area contributed by atoms with E-state index < -0.39 is 0 Å². The van der Waals surface area contributed by atoms with Gasteiger partial charge < -0.3 is 14.5 Å². The van der Waals surface area contributed by atoms with Gasteiger partial charge >= 0.3 is 6.01 Å². The first-order valence-electron chi connectivity index (χ1n) is 8.52. The Hall–Kier alpha value is -1.59. The molecule has 0 spiro atoms. The molecule has 2 aliphatic rings. The van der Waals surface area contributed by atoms with E-state index in [9.17, 15) is 0 Å². The smallest absolute Gasteiger partial charge is 0.322 e. The van der Waals surface area contributed by atoms with E-state index in [4.69, 9.17) is 9.72 Å². The van der Waals surface area contributed by atoms with Crippen LogP contribution in [0, 0.1) is 5.92 Å². The van der Waals surface area contributed by atoms with Gasteiger partial charge in [-0.15, -0.1) is 0 Å². The summed E-state index contributed by atoms with van der Waals surface area (Å²) in [6.07, 6.45) is 9.01. The quantitative estimate of drug-likeness (QED) is 0.805. The fourth-order valence-corrected chi connectivity index (χ4v) is 2.89. The standard InChI is InChI=1S/C16H27N5O/c1-20(12-9-13-7-8-13)14-17-15(19-16(18-14)22-2)21-10-5-3-4-6-11-21/h13H,3-12H2,1-2H3. The van der Waals surface area contributed by atoms with Crippen molar-refractivity contribution in [2.24, 2.45) is 5.92 Å². The summed E-state index contributed by atoms with van der Waals surface area (Å²) in [6, 6.07) is 0.419. The molecule has 2 heterocycles. The molecule has 22 heavy (non-hydrogen) atoms. The second kappa shape index (κ2) is 7.11. The molecule has 0 atom stereocenters. The van der Waals surface area contributed by atoms with E-state index in [0.717, 1.165) is 37.4 Å². The maximum atomic E-state index is 5.29. The number of anilines is 2. The van der Waals surface area contributed by atoms with Crippen LogP contribution in [0.3, 0.4) is 0 Å². The topological polar surface area (TPSA) is 54.4 Å². The van der Waals surface area contributed by atoms with Crippen molar-refractivity contribution in [2.45, 2.75) is 44.9 Å². The SMILES string of the molecule is COc1nc(N(C)CCC2CC2)nc(N2CCCCCC2)n1. The highest BCUT2D eigenvalue weighted by Gasteiger charge is 2.22. The van der Waals surface area contributed by atoms with E-state index in [2.05, 4.69) is 26.8 Å². The van der Waals surface area contributed by atoms with E-state index in [1.165, 1.54) is 44.9 Å². The minimum absolute atomic E-state index is 0.419. The Balaban J connectivity index is 1.74. The van der Waals surface area contributed by atoms with Gasteiger partial charge in [0.2, 0.25) is 11.9 Å². The van der Waals surface area contributed by atoms with Crippen molar-refractivity contribution < 1.29 is 4.74 Å². The molecular weight excluding hydrogens is 278 g/mol. The van der Waals surface area contributed by atoms with Crippen LogP contribution in [0.2, 0.25) is 0 Å². The Bertz CT molecular complexity index is 483. The van der Waals surface area contributed by atoms with Gasteiger partial charge in [-0.25, -0.2) is 0 Å². The Morgan fingerprint density at radius 2 is 1.82 bits per heavy atom. The van der Waals surface area contributed by atoms with Crippen LogP contribution < -0.4 is 14.5 Å². The lowest BCUT2D eigenvalue weighted by atomic mass is 10.2. The van der Waals surface area contributed by atoms with E-state index in [1.807, 2.05) is 0 Å². The molecule has 6 nitrogen and oxygen atoms in total. The van der Waals surface area contributed by atoms with Crippen LogP contribution >= 0.6 is 0 Å². The van der Waals surface area contributed by atoms with Crippen LogP contribution in [-0.2, 0) is 0 Å². The number of ether oxygens (including phenoxy) is 1. The molecular formula is C16H27N5O. The number of nitrogens with zero attached hydrogens (tertiary/aromatic N) is 5. The fraction of sp³-hybridized carbons (Fsp3) is 0.812. The van der Waals surface area contributed by atoms with Gasteiger partial charge in [-0.2, -0.15) is 15.0 Å². The number of methoxy groups -OCH3 is 1. The molecule has 1 saturated heterocycles. The summed E-state index contributed by atoms with van der Waals surface area (Å²) in [7, 11) is 3.68. The molecule has 1 aliphatic carbocycles. The lowest BCUT2D eigenvalue weighted by Crippen LogP contribution is -2.28. The van der Waals surface area contributed by atoms with E-state index in [1.54, 1.807) is 7.11 Å². The van der Waals surface area contributed by atoms with Gasteiger partial charge in [-0.1, -0.05) is 25.7 Å². The molecule has 0 radical (unpaired) electrons. The third kappa shape index (κ3) is 3.99. The van der Waals surface area contributed by atoms with Gasteiger partial charge in [0.15, 0.2) is 0 Å². The summed E-state index contributed by atoms with van der Waals surface area (Å²) in [4.78, 5) is 18.0. The van der Waals surface area contributed by atoms with Gasteiger partial charge in [0.05, 0.1) is 7.11 Å².